The lowest BCUT2D eigenvalue weighted by molar-refractivity contribution is -0.161. The van der Waals surface area contributed by atoms with Crippen LogP contribution in [0.5, 0.6) is 0 Å². The van der Waals surface area contributed by atoms with Gasteiger partial charge in [0.2, 0.25) is 0 Å². The summed E-state index contributed by atoms with van der Waals surface area (Å²) in [5.74, 6) is -0.572. The molecule has 4 N–H and O–H groups in total. The highest BCUT2D eigenvalue weighted by Crippen LogP contribution is 2.43. The molecule has 0 fully saturated rings. The quantitative estimate of drug-likeness (QED) is 0.0205. The Labute approximate surface area is 337 Å². The van der Waals surface area contributed by atoms with E-state index in [1.807, 2.05) is 24.3 Å². The lowest BCUT2D eigenvalue weighted by Crippen LogP contribution is -2.29. The Morgan fingerprint density at radius 1 is 0.804 bits per heavy atom. The Morgan fingerprint density at radius 3 is 2.05 bits per heavy atom. The molecular formula is C43H75O12P. The largest absolute Gasteiger partial charge is 0.472 e. The van der Waals surface area contributed by atoms with Crippen molar-refractivity contribution in [3.05, 3.63) is 36.5 Å². The van der Waals surface area contributed by atoms with Crippen LogP contribution in [-0.4, -0.2) is 82.7 Å². The molecule has 0 saturated carbocycles. The standard InChI is InChI=1S/C43H75O12P/c1-4-5-17-24-37(45)28-29-40-36(27-30-41(40)47)23-19-15-16-21-26-43(49)55-39(34-54-56(50,51)53-32-38(46)31-44)33-52-42(48)25-20-14-12-10-8-6-7-9-11-13-18-22-35(2)3/h15,19,27-30,35-40,44-46H,4-14,16-18,20-26,31-34H2,1-3H3,(H,50,51)/b19-15-,29-28+/t36-,37-,38-,39+,40+/m0/s1. The van der Waals surface area contributed by atoms with Gasteiger partial charge in [-0.15, -0.1) is 0 Å². The van der Waals surface area contributed by atoms with Crippen LogP contribution in [0.15, 0.2) is 36.5 Å². The number of aliphatic hydroxyl groups excluding tert-OH is 3. The van der Waals surface area contributed by atoms with Crippen LogP contribution in [0.4, 0.5) is 0 Å². The lowest BCUT2D eigenvalue weighted by atomic mass is 9.90. The fraction of sp³-hybridized carbons (Fsp3) is 0.791. The number of carbonyl (C=O) groups excluding carboxylic acids is 3. The van der Waals surface area contributed by atoms with E-state index in [4.69, 9.17) is 19.1 Å². The zero-order valence-electron chi connectivity index (χ0n) is 34.6. The normalized spacial score (nSPS) is 18.5. The molecule has 0 bridgehead atoms. The first-order valence-corrected chi connectivity index (χ1v) is 22.9. The summed E-state index contributed by atoms with van der Waals surface area (Å²) in [6.45, 7) is 4.35. The number of phosphoric ester groups is 1. The van der Waals surface area contributed by atoms with Gasteiger partial charge in [-0.2, -0.15) is 0 Å². The van der Waals surface area contributed by atoms with Gasteiger partial charge in [0.1, 0.15) is 12.7 Å². The molecule has 0 aliphatic heterocycles. The van der Waals surface area contributed by atoms with Crippen LogP contribution in [-0.2, 0) is 37.5 Å². The van der Waals surface area contributed by atoms with Crippen molar-refractivity contribution in [2.24, 2.45) is 17.8 Å². The molecule has 56 heavy (non-hydrogen) atoms. The summed E-state index contributed by atoms with van der Waals surface area (Å²) in [7, 11) is -4.67. The molecule has 1 aliphatic carbocycles. The Hall–Kier alpha value is -2.18. The van der Waals surface area contributed by atoms with E-state index in [0.29, 0.717) is 32.1 Å². The summed E-state index contributed by atoms with van der Waals surface area (Å²) in [5.41, 5.74) is 0. The third-order valence-electron chi connectivity index (χ3n) is 9.72. The fourth-order valence-corrected chi connectivity index (χ4v) is 7.08. The smallest absolute Gasteiger partial charge is 0.462 e. The number of rotatable bonds is 36. The van der Waals surface area contributed by atoms with E-state index in [-0.39, 0.29) is 37.1 Å². The molecule has 0 aromatic heterocycles. The molecule has 0 heterocycles. The zero-order valence-corrected chi connectivity index (χ0v) is 35.5. The second-order valence-electron chi connectivity index (χ2n) is 15.5. The Kier molecular flexibility index (Phi) is 30.3. The van der Waals surface area contributed by atoms with Crippen molar-refractivity contribution in [1.82, 2.24) is 0 Å². The first-order valence-electron chi connectivity index (χ1n) is 21.4. The highest BCUT2D eigenvalue weighted by molar-refractivity contribution is 7.47. The minimum atomic E-state index is -4.67. The van der Waals surface area contributed by atoms with Crippen LogP contribution < -0.4 is 0 Å². The van der Waals surface area contributed by atoms with E-state index in [1.54, 1.807) is 12.2 Å². The Balaban J connectivity index is 2.45. The zero-order chi connectivity index (χ0) is 41.4. The number of hydrogen-bond donors (Lipinski definition) is 4. The number of hydrogen-bond acceptors (Lipinski definition) is 11. The Morgan fingerprint density at radius 2 is 1.41 bits per heavy atom. The molecule has 0 aromatic carbocycles. The van der Waals surface area contributed by atoms with Gasteiger partial charge in [0.15, 0.2) is 11.9 Å². The molecule has 0 spiro atoms. The van der Waals surface area contributed by atoms with Gasteiger partial charge in [0, 0.05) is 18.8 Å². The van der Waals surface area contributed by atoms with Crippen LogP contribution in [0.1, 0.15) is 156 Å². The molecule has 6 atom stereocenters. The molecular weight excluding hydrogens is 739 g/mol. The lowest BCUT2D eigenvalue weighted by Gasteiger charge is -2.20. The van der Waals surface area contributed by atoms with E-state index in [9.17, 15) is 34.1 Å². The summed E-state index contributed by atoms with van der Waals surface area (Å²) >= 11 is 0. The number of allylic oxidation sites excluding steroid dienone is 5. The number of ether oxygens (including phenoxy) is 2. The Bertz CT molecular complexity index is 1190. The van der Waals surface area contributed by atoms with Gasteiger partial charge >= 0.3 is 19.8 Å². The number of ketones is 1. The molecule has 1 aliphatic rings. The molecule has 0 aromatic rings. The summed E-state index contributed by atoms with van der Waals surface area (Å²) in [6.07, 6.45) is 27.5. The van der Waals surface area contributed by atoms with Gasteiger partial charge in [-0.05, 0) is 50.0 Å². The van der Waals surface area contributed by atoms with Gasteiger partial charge in [-0.3, -0.25) is 23.4 Å². The van der Waals surface area contributed by atoms with E-state index < -0.39 is 57.9 Å². The highest BCUT2D eigenvalue weighted by atomic mass is 31.2. The molecule has 1 unspecified atom stereocenters. The van der Waals surface area contributed by atoms with Gasteiger partial charge in [-0.1, -0.05) is 141 Å². The van der Waals surface area contributed by atoms with Crippen molar-refractivity contribution in [3.8, 4) is 0 Å². The summed E-state index contributed by atoms with van der Waals surface area (Å²) in [6, 6.07) is 0. The number of esters is 2. The van der Waals surface area contributed by atoms with Crippen molar-refractivity contribution >= 4 is 25.5 Å². The minimum Gasteiger partial charge on any atom is -0.462 e. The third kappa shape index (κ3) is 28.3. The fourth-order valence-electron chi connectivity index (χ4n) is 6.29. The van der Waals surface area contributed by atoms with Crippen LogP contribution in [0.25, 0.3) is 0 Å². The van der Waals surface area contributed by atoms with Crippen LogP contribution in [0.2, 0.25) is 0 Å². The maximum atomic E-state index is 12.7. The molecule has 324 valence electrons. The molecule has 0 saturated heterocycles. The maximum absolute atomic E-state index is 12.7. The molecule has 0 radical (unpaired) electrons. The van der Waals surface area contributed by atoms with Crippen molar-refractivity contribution in [1.29, 1.82) is 0 Å². The summed E-state index contributed by atoms with van der Waals surface area (Å²) in [5, 5.41) is 28.6. The SMILES string of the molecule is CCCCC[C@H](O)/C=C/[C@H]1C(=O)C=C[C@@H]1C/C=C\CCCC(=O)O[C@H](COC(=O)CCCCCCCCCCCCCC(C)C)COP(=O)(O)OC[C@@H](O)CO. The third-order valence-corrected chi connectivity index (χ3v) is 10.7. The second-order valence-corrected chi connectivity index (χ2v) is 17.0. The van der Waals surface area contributed by atoms with Crippen molar-refractivity contribution in [2.75, 3.05) is 26.4 Å². The second kappa shape index (κ2) is 32.7. The molecule has 0 amide bonds. The average molecular weight is 815 g/mol. The monoisotopic (exact) mass is 814 g/mol. The van der Waals surface area contributed by atoms with E-state index in [2.05, 4.69) is 25.3 Å². The number of carbonyl (C=O) groups is 3. The number of aliphatic hydroxyl groups is 3. The van der Waals surface area contributed by atoms with E-state index >= 15 is 0 Å². The van der Waals surface area contributed by atoms with Crippen molar-refractivity contribution < 1.29 is 57.7 Å². The molecule has 1 rings (SSSR count). The van der Waals surface area contributed by atoms with Crippen LogP contribution in [0.3, 0.4) is 0 Å². The average Bonchev–Trinajstić information content (AvgIpc) is 3.52. The molecule has 12 nitrogen and oxygen atoms in total. The first-order chi connectivity index (χ1) is 26.9. The van der Waals surface area contributed by atoms with Gasteiger partial charge in [0.05, 0.1) is 25.9 Å². The summed E-state index contributed by atoms with van der Waals surface area (Å²) in [4.78, 5) is 47.5. The number of unbranched alkanes of at least 4 members (excludes halogenated alkanes) is 13. The summed E-state index contributed by atoms with van der Waals surface area (Å²) < 4.78 is 32.7. The van der Waals surface area contributed by atoms with Crippen LogP contribution >= 0.6 is 7.82 Å². The molecule has 13 heteroatoms. The first kappa shape index (κ1) is 51.8. The minimum absolute atomic E-state index is 0.00137. The van der Waals surface area contributed by atoms with Crippen molar-refractivity contribution in [2.45, 2.75) is 174 Å². The predicted molar refractivity (Wildman–Crippen MR) is 219 cm³/mol. The van der Waals surface area contributed by atoms with E-state index in [0.717, 1.165) is 44.4 Å². The number of phosphoric acid groups is 1. The highest BCUT2D eigenvalue weighted by Gasteiger charge is 2.28. The van der Waals surface area contributed by atoms with Gasteiger partial charge in [0.25, 0.3) is 0 Å². The predicted octanol–water partition coefficient (Wildman–Crippen LogP) is 8.64. The van der Waals surface area contributed by atoms with E-state index in [1.165, 1.54) is 51.4 Å². The topological polar surface area (TPSA) is 186 Å². The van der Waals surface area contributed by atoms with Crippen LogP contribution in [0, 0.1) is 17.8 Å². The van der Waals surface area contributed by atoms with Crippen molar-refractivity contribution in [3.63, 3.8) is 0 Å². The van der Waals surface area contributed by atoms with Gasteiger partial charge < -0.3 is 29.7 Å². The van der Waals surface area contributed by atoms with Gasteiger partial charge in [-0.25, -0.2) is 4.57 Å². The maximum Gasteiger partial charge on any atom is 0.472 e.